The Kier molecular flexibility index (Phi) is 5.47. The molecule has 4 N–H and O–H groups in total. The SMILES string of the molecule is NC(=CC(=O)c1ccccc1)CC(N)=CC(=O)c1ccccc1. The van der Waals surface area contributed by atoms with Gasteiger partial charge in [0.2, 0.25) is 0 Å². The van der Waals surface area contributed by atoms with Gasteiger partial charge < -0.3 is 11.5 Å². The quantitative estimate of drug-likeness (QED) is 0.634. The van der Waals surface area contributed by atoms with E-state index in [0.29, 0.717) is 22.5 Å². The lowest BCUT2D eigenvalue weighted by molar-refractivity contribution is 0.103. The minimum Gasteiger partial charge on any atom is -0.402 e. The predicted molar refractivity (Wildman–Crippen MR) is 90.7 cm³/mol. The van der Waals surface area contributed by atoms with Crippen molar-refractivity contribution in [3.05, 3.63) is 95.3 Å². The highest BCUT2D eigenvalue weighted by atomic mass is 16.1. The molecule has 0 heterocycles. The summed E-state index contributed by atoms with van der Waals surface area (Å²) >= 11 is 0. The van der Waals surface area contributed by atoms with Crippen molar-refractivity contribution in [3.63, 3.8) is 0 Å². The van der Waals surface area contributed by atoms with Gasteiger partial charge in [0.1, 0.15) is 0 Å². The van der Waals surface area contributed by atoms with Gasteiger partial charge >= 0.3 is 0 Å². The number of ketones is 2. The second-order valence-corrected chi connectivity index (χ2v) is 5.08. The number of nitrogens with two attached hydrogens (primary N) is 2. The van der Waals surface area contributed by atoms with Crippen molar-refractivity contribution >= 4 is 11.6 Å². The highest BCUT2D eigenvalue weighted by Gasteiger charge is 2.06. The summed E-state index contributed by atoms with van der Waals surface area (Å²) in [6.07, 6.45) is 2.84. The van der Waals surface area contributed by atoms with Crippen LogP contribution in [0.5, 0.6) is 0 Å². The van der Waals surface area contributed by atoms with Crippen LogP contribution >= 0.6 is 0 Å². The van der Waals surface area contributed by atoms with Gasteiger partial charge in [-0.1, -0.05) is 60.7 Å². The van der Waals surface area contributed by atoms with E-state index in [0.717, 1.165) is 0 Å². The highest BCUT2D eigenvalue weighted by molar-refractivity contribution is 6.05. The second kappa shape index (κ2) is 7.75. The van der Waals surface area contributed by atoms with Crippen LogP contribution in [0.1, 0.15) is 27.1 Å². The van der Waals surface area contributed by atoms with Gasteiger partial charge in [0.15, 0.2) is 11.6 Å². The minimum atomic E-state index is -0.190. The van der Waals surface area contributed by atoms with Gasteiger partial charge in [-0.25, -0.2) is 0 Å². The molecular formula is C19H18N2O2. The van der Waals surface area contributed by atoms with Gasteiger partial charge in [0, 0.05) is 41.1 Å². The normalized spacial score (nSPS) is 12.0. The lowest BCUT2D eigenvalue weighted by atomic mass is 10.1. The molecule has 4 heteroatoms. The maximum atomic E-state index is 12.0. The summed E-state index contributed by atoms with van der Waals surface area (Å²) in [5, 5.41) is 0. The molecule has 0 aliphatic carbocycles. The fourth-order valence-corrected chi connectivity index (χ4v) is 2.05. The molecule has 0 aliphatic heterocycles. The fourth-order valence-electron chi connectivity index (χ4n) is 2.05. The maximum absolute atomic E-state index is 12.0. The standard InChI is InChI=1S/C19H18N2O2/c20-16(12-18(22)14-7-3-1-4-8-14)11-17(21)13-19(23)15-9-5-2-6-10-15/h1-10,12-13H,11,20-21H2. The molecule has 0 fully saturated rings. The van der Waals surface area contributed by atoms with Crippen molar-refractivity contribution in [1.82, 2.24) is 0 Å². The van der Waals surface area contributed by atoms with Crippen LogP contribution in [0.4, 0.5) is 0 Å². The first-order valence-electron chi connectivity index (χ1n) is 7.17. The molecule has 0 saturated carbocycles. The molecule has 116 valence electrons. The maximum Gasteiger partial charge on any atom is 0.187 e. The Morgan fingerprint density at radius 3 is 1.39 bits per heavy atom. The van der Waals surface area contributed by atoms with E-state index >= 15 is 0 Å². The molecule has 0 amide bonds. The molecule has 0 bridgehead atoms. The topological polar surface area (TPSA) is 86.2 Å². The monoisotopic (exact) mass is 306 g/mol. The van der Waals surface area contributed by atoms with E-state index in [1.54, 1.807) is 48.5 Å². The first kappa shape index (κ1) is 16.2. The van der Waals surface area contributed by atoms with E-state index in [9.17, 15) is 9.59 Å². The number of allylic oxidation sites excluding steroid dienone is 2. The first-order valence-corrected chi connectivity index (χ1v) is 7.17. The number of hydrogen-bond donors (Lipinski definition) is 2. The lowest BCUT2D eigenvalue weighted by Gasteiger charge is -2.03. The third kappa shape index (κ3) is 4.97. The minimum absolute atomic E-state index is 0.164. The number of carbonyl (C=O) groups excluding carboxylic acids is 2. The zero-order valence-electron chi connectivity index (χ0n) is 12.6. The van der Waals surface area contributed by atoms with Crippen LogP contribution in [0.2, 0.25) is 0 Å². The summed E-state index contributed by atoms with van der Waals surface area (Å²) in [6.45, 7) is 0. The summed E-state index contributed by atoms with van der Waals surface area (Å²) in [4.78, 5) is 24.0. The predicted octanol–water partition coefficient (Wildman–Crippen LogP) is 2.83. The van der Waals surface area contributed by atoms with Crippen molar-refractivity contribution in [2.75, 3.05) is 0 Å². The van der Waals surface area contributed by atoms with Crippen molar-refractivity contribution in [2.24, 2.45) is 11.5 Å². The van der Waals surface area contributed by atoms with Crippen LogP contribution in [0.15, 0.2) is 84.2 Å². The Labute approximate surface area is 135 Å². The lowest BCUT2D eigenvalue weighted by Crippen LogP contribution is -2.09. The Morgan fingerprint density at radius 2 is 1.04 bits per heavy atom. The highest BCUT2D eigenvalue weighted by Crippen LogP contribution is 2.08. The van der Waals surface area contributed by atoms with Crippen LogP contribution in [0, 0.1) is 0 Å². The second-order valence-electron chi connectivity index (χ2n) is 5.08. The van der Waals surface area contributed by atoms with Crippen LogP contribution in [0.3, 0.4) is 0 Å². The van der Waals surface area contributed by atoms with Crippen molar-refractivity contribution in [1.29, 1.82) is 0 Å². The third-order valence-corrected chi connectivity index (χ3v) is 3.16. The molecular weight excluding hydrogens is 288 g/mol. The molecule has 4 nitrogen and oxygen atoms in total. The Morgan fingerprint density at radius 1 is 0.696 bits per heavy atom. The Hall–Kier alpha value is -3.14. The average molecular weight is 306 g/mol. The summed E-state index contributed by atoms with van der Waals surface area (Å²) in [5.41, 5.74) is 13.4. The van der Waals surface area contributed by atoms with Crippen molar-refractivity contribution < 1.29 is 9.59 Å². The molecule has 0 saturated heterocycles. The molecule has 0 unspecified atom stereocenters. The van der Waals surface area contributed by atoms with E-state index in [-0.39, 0.29) is 18.0 Å². The van der Waals surface area contributed by atoms with E-state index < -0.39 is 0 Å². The molecule has 23 heavy (non-hydrogen) atoms. The molecule has 2 aromatic carbocycles. The van der Waals surface area contributed by atoms with E-state index in [2.05, 4.69) is 0 Å². The molecule has 2 aromatic rings. The van der Waals surface area contributed by atoms with Gasteiger partial charge in [-0.3, -0.25) is 9.59 Å². The number of hydrogen-bond acceptors (Lipinski definition) is 4. The number of rotatable bonds is 6. The van der Waals surface area contributed by atoms with Gasteiger partial charge in [-0.15, -0.1) is 0 Å². The van der Waals surface area contributed by atoms with Crippen molar-refractivity contribution in [3.8, 4) is 0 Å². The van der Waals surface area contributed by atoms with Crippen LogP contribution in [-0.2, 0) is 0 Å². The summed E-state index contributed by atoms with van der Waals surface area (Å²) < 4.78 is 0. The third-order valence-electron chi connectivity index (χ3n) is 3.16. The van der Waals surface area contributed by atoms with E-state index in [4.69, 9.17) is 11.5 Å². The summed E-state index contributed by atoms with van der Waals surface area (Å²) in [7, 11) is 0. The molecule has 0 spiro atoms. The van der Waals surface area contributed by atoms with Crippen LogP contribution < -0.4 is 11.5 Å². The first-order chi connectivity index (χ1) is 11.1. The van der Waals surface area contributed by atoms with E-state index in [1.807, 2.05) is 12.1 Å². The molecule has 0 aliphatic rings. The smallest absolute Gasteiger partial charge is 0.187 e. The fraction of sp³-hybridized carbons (Fsp3) is 0.0526. The zero-order chi connectivity index (χ0) is 16.7. The summed E-state index contributed by atoms with van der Waals surface area (Å²) in [5.74, 6) is -0.379. The van der Waals surface area contributed by atoms with Gasteiger partial charge in [-0.05, 0) is 0 Å². The van der Waals surface area contributed by atoms with Gasteiger partial charge in [-0.2, -0.15) is 0 Å². The molecule has 2 rings (SSSR count). The molecule has 0 atom stereocenters. The number of carbonyl (C=O) groups is 2. The van der Waals surface area contributed by atoms with Crippen LogP contribution in [-0.4, -0.2) is 11.6 Å². The largest absolute Gasteiger partial charge is 0.402 e. The molecule has 0 radical (unpaired) electrons. The van der Waals surface area contributed by atoms with Crippen molar-refractivity contribution in [2.45, 2.75) is 6.42 Å². The Bertz CT molecular complexity index is 682. The van der Waals surface area contributed by atoms with E-state index in [1.165, 1.54) is 12.2 Å². The average Bonchev–Trinajstić information content (AvgIpc) is 2.56. The van der Waals surface area contributed by atoms with Gasteiger partial charge in [0.05, 0.1) is 0 Å². The number of benzene rings is 2. The Balaban J connectivity index is 2.03. The van der Waals surface area contributed by atoms with Crippen LogP contribution in [0.25, 0.3) is 0 Å². The molecule has 0 aromatic heterocycles. The zero-order valence-corrected chi connectivity index (χ0v) is 12.6. The summed E-state index contributed by atoms with van der Waals surface area (Å²) in [6, 6.07) is 17.6. The van der Waals surface area contributed by atoms with Gasteiger partial charge in [0.25, 0.3) is 0 Å².